The molecule has 0 N–H and O–H groups in total. The maximum atomic E-state index is 5.94. The molecule has 0 spiro atoms. The van der Waals surface area contributed by atoms with E-state index in [0.717, 1.165) is 0 Å². The summed E-state index contributed by atoms with van der Waals surface area (Å²) in [5, 5.41) is 0.441. The van der Waals surface area contributed by atoms with E-state index in [2.05, 4.69) is 53.1 Å². The molecule has 1 atom stereocenters. The minimum absolute atomic E-state index is 0.161. The summed E-state index contributed by atoms with van der Waals surface area (Å²) in [6, 6.07) is 0. The zero-order valence-corrected chi connectivity index (χ0v) is 11.3. The predicted octanol–water partition coefficient (Wildman–Crippen LogP) is 3.49. The number of rotatable bonds is 4. The Morgan fingerprint density at radius 2 is 1.92 bits per heavy atom. The Labute approximate surface area is 89.1 Å². The van der Waals surface area contributed by atoms with Crippen LogP contribution in [0.3, 0.4) is 0 Å². The summed E-state index contributed by atoms with van der Waals surface area (Å²) in [6.45, 7) is 15.6. The Balaban J connectivity index is 4.11. The molecule has 0 fully saturated rings. The fraction of sp³-hybridized carbons (Fsp3) is 0.800. The summed E-state index contributed by atoms with van der Waals surface area (Å²) in [6.07, 6.45) is 1.82. The molecule has 0 aromatic rings. The van der Waals surface area contributed by atoms with Crippen molar-refractivity contribution >= 4 is 20.9 Å². The summed E-state index contributed by atoms with van der Waals surface area (Å²) in [5.41, 5.74) is 0. The topological polar surface area (TPSA) is 9.23 Å². The molecule has 13 heavy (non-hydrogen) atoms. The first-order chi connectivity index (χ1) is 5.70. The van der Waals surface area contributed by atoms with E-state index in [0.29, 0.717) is 6.61 Å². The van der Waals surface area contributed by atoms with E-state index in [1.165, 1.54) is 0 Å². The molecule has 1 unspecified atom stereocenters. The Morgan fingerprint density at radius 1 is 1.46 bits per heavy atom. The van der Waals surface area contributed by atoms with E-state index in [9.17, 15) is 0 Å². The zero-order valence-electron chi connectivity index (χ0n) is 9.42. The molecule has 0 amide bonds. The van der Waals surface area contributed by atoms with Gasteiger partial charge in [-0.1, -0.05) is 26.8 Å². The van der Waals surface area contributed by atoms with Crippen LogP contribution in [0.25, 0.3) is 0 Å². The zero-order chi connectivity index (χ0) is 10.7. The van der Waals surface area contributed by atoms with E-state index in [4.69, 9.17) is 4.43 Å². The van der Waals surface area contributed by atoms with Gasteiger partial charge in [0.25, 0.3) is 0 Å². The van der Waals surface area contributed by atoms with Gasteiger partial charge in [0.1, 0.15) is 0 Å². The lowest BCUT2D eigenvalue weighted by Gasteiger charge is -2.36. The van der Waals surface area contributed by atoms with Crippen LogP contribution < -0.4 is 0 Å². The molecule has 0 aromatic carbocycles. The minimum Gasteiger partial charge on any atom is -0.415 e. The van der Waals surface area contributed by atoms with Crippen molar-refractivity contribution in [3.8, 4) is 0 Å². The summed E-state index contributed by atoms with van der Waals surface area (Å²) < 4.78 is 5.94. The highest BCUT2D eigenvalue weighted by Gasteiger charge is 2.37. The fourth-order valence-electron chi connectivity index (χ4n) is 0.578. The maximum Gasteiger partial charge on any atom is 0.192 e. The Hall–Kier alpha value is 0.267. The van der Waals surface area contributed by atoms with Crippen LogP contribution in [-0.2, 0) is 4.43 Å². The maximum absolute atomic E-state index is 5.94. The molecule has 0 heterocycles. The van der Waals surface area contributed by atoms with Crippen LogP contribution in [-0.4, -0.2) is 20.2 Å². The molecule has 0 aliphatic heterocycles. The van der Waals surface area contributed by atoms with Gasteiger partial charge in [0.2, 0.25) is 0 Å². The predicted molar refractivity (Wildman–Crippen MR) is 66.1 cm³/mol. The Kier molecular flexibility index (Phi) is 4.76. The van der Waals surface area contributed by atoms with Crippen LogP contribution in [0.15, 0.2) is 12.7 Å². The molecular formula is C10H22OSSi. The van der Waals surface area contributed by atoms with Crippen LogP contribution in [0.2, 0.25) is 18.1 Å². The van der Waals surface area contributed by atoms with Crippen molar-refractivity contribution in [3.63, 3.8) is 0 Å². The van der Waals surface area contributed by atoms with E-state index in [1.54, 1.807) is 0 Å². The van der Waals surface area contributed by atoms with Crippen LogP contribution >= 0.6 is 12.6 Å². The summed E-state index contributed by atoms with van der Waals surface area (Å²) in [5.74, 6) is 0. The van der Waals surface area contributed by atoms with Gasteiger partial charge in [-0.15, -0.1) is 6.58 Å². The molecule has 0 aliphatic rings. The highest BCUT2D eigenvalue weighted by atomic mass is 32.1. The second-order valence-corrected chi connectivity index (χ2v) is 10.3. The van der Waals surface area contributed by atoms with Gasteiger partial charge in [-0.2, -0.15) is 12.6 Å². The van der Waals surface area contributed by atoms with Crippen molar-refractivity contribution < 1.29 is 4.43 Å². The fourth-order valence-corrected chi connectivity index (χ4v) is 1.82. The van der Waals surface area contributed by atoms with Gasteiger partial charge in [0, 0.05) is 11.9 Å². The molecule has 0 saturated heterocycles. The summed E-state index contributed by atoms with van der Waals surface area (Å²) in [7, 11) is -1.58. The third-order valence-corrected chi connectivity index (χ3v) is 7.55. The number of hydrogen-bond donors (Lipinski definition) is 1. The normalized spacial score (nSPS) is 15.5. The third-order valence-electron chi connectivity index (χ3n) is 2.69. The van der Waals surface area contributed by atoms with Gasteiger partial charge < -0.3 is 4.43 Å². The first-order valence-corrected chi connectivity index (χ1v) is 8.08. The molecule has 0 radical (unpaired) electrons. The first-order valence-electron chi connectivity index (χ1n) is 4.65. The van der Waals surface area contributed by atoms with Crippen molar-refractivity contribution in [2.75, 3.05) is 6.61 Å². The number of hydrogen-bond acceptors (Lipinski definition) is 2. The van der Waals surface area contributed by atoms with E-state index >= 15 is 0 Å². The lowest BCUT2D eigenvalue weighted by molar-refractivity contribution is 0.299. The summed E-state index contributed by atoms with van der Waals surface area (Å²) >= 11 is 4.32. The second kappa shape index (κ2) is 4.67. The van der Waals surface area contributed by atoms with Gasteiger partial charge in [-0.3, -0.25) is 0 Å². The lowest BCUT2D eigenvalue weighted by Crippen LogP contribution is -2.42. The smallest absolute Gasteiger partial charge is 0.192 e. The SMILES string of the molecule is C=CC(S)CO[Si](C)(C)C(C)(C)C. The molecule has 3 heteroatoms. The molecule has 0 saturated carbocycles. The number of thiol groups is 1. The molecule has 1 nitrogen and oxygen atoms in total. The average Bonchev–Trinajstić information content (AvgIpc) is 1.98. The van der Waals surface area contributed by atoms with Crippen LogP contribution in [0.4, 0.5) is 0 Å². The molecule has 78 valence electrons. The molecule has 0 rings (SSSR count). The highest BCUT2D eigenvalue weighted by molar-refractivity contribution is 7.81. The standard InChI is InChI=1S/C10H22OSSi/c1-7-9(12)8-11-13(5,6)10(2,3)4/h7,9,12H,1,8H2,2-6H3. The summed E-state index contributed by atoms with van der Waals surface area (Å²) in [4.78, 5) is 0. The van der Waals surface area contributed by atoms with Crippen molar-refractivity contribution in [2.24, 2.45) is 0 Å². The van der Waals surface area contributed by atoms with Gasteiger partial charge in [-0.25, -0.2) is 0 Å². The van der Waals surface area contributed by atoms with Crippen molar-refractivity contribution in [1.29, 1.82) is 0 Å². The van der Waals surface area contributed by atoms with Gasteiger partial charge in [0.05, 0.1) is 0 Å². The van der Waals surface area contributed by atoms with Gasteiger partial charge in [0.15, 0.2) is 8.32 Å². The van der Waals surface area contributed by atoms with Crippen molar-refractivity contribution in [1.82, 2.24) is 0 Å². The monoisotopic (exact) mass is 218 g/mol. The second-order valence-electron chi connectivity index (χ2n) is 4.87. The van der Waals surface area contributed by atoms with E-state index in [-0.39, 0.29) is 10.3 Å². The van der Waals surface area contributed by atoms with Crippen molar-refractivity contribution in [3.05, 3.63) is 12.7 Å². The van der Waals surface area contributed by atoms with Crippen LogP contribution in [0.5, 0.6) is 0 Å². The van der Waals surface area contributed by atoms with Crippen LogP contribution in [0, 0.1) is 0 Å². The molecule has 0 aromatic heterocycles. The van der Waals surface area contributed by atoms with Gasteiger partial charge in [-0.05, 0) is 18.1 Å². The third kappa shape index (κ3) is 4.34. The van der Waals surface area contributed by atoms with Gasteiger partial charge >= 0.3 is 0 Å². The van der Waals surface area contributed by atoms with Crippen molar-refractivity contribution in [2.45, 2.75) is 44.2 Å². The average molecular weight is 218 g/mol. The minimum atomic E-state index is -1.58. The quantitative estimate of drug-likeness (QED) is 0.432. The Bertz CT molecular complexity index is 172. The molecule has 0 aliphatic carbocycles. The van der Waals surface area contributed by atoms with E-state index < -0.39 is 8.32 Å². The highest BCUT2D eigenvalue weighted by Crippen LogP contribution is 2.36. The first kappa shape index (κ1) is 13.3. The molecule has 0 bridgehead atoms. The van der Waals surface area contributed by atoms with E-state index in [1.807, 2.05) is 6.08 Å². The lowest BCUT2D eigenvalue weighted by atomic mass is 10.2. The van der Waals surface area contributed by atoms with Crippen LogP contribution in [0.1, 0.15) is 20.8 Å². The largest absolute Gasteiger partial charge is 0.415 e. The Morgan fingerprint density at radius 3 is 2.23 bits per heavy atom. The molecular weight excluding hydrogens is 196 g/mol.